The standard InChI is InChI=1S/C21H23BrFN3O2/c1-21(19(27)24-13-15-6-8-17(23)9-7-15)10-3-11-26(14-21)20(28)25-18-5-2-4-16(22)12-18/h2,4-9,12H,3,10-11,13-14H2,1H3,(H,24,27)(H,25,28)/t21-/m1/s1. The van der Waals surface area contributed by atoms with E-state index in [-0.39, 0.29) is 17.8 Å². The summed E-state index contributed by atoms with van der Waals surface area (Å²) in [5.41, 5.74) is 0.873. The Bertz CT molecular complexity index is 859. The number of urea groups is 1. The zero-order chi connectivity index (χ0) is 20.1. The van der Waals surface area contributed by atoms with Gasteiger partial charge in [0.1, 0.15) is 5.82 Å². The summed E-state index contributed by atoms with van der Waals surface area (Å²) in [6.07, 6.45) is 1.47. The quantitative estimate of drug-likeness (QED) is 0.722. The van der Waals surface area contributed by atoms with Crippen LogP contribution in [0.2, 0.25) is 0 Å². The minimum atomic E-state index is -0.660. The Kier molecular flexibility index (Phi) is 6.34. The van der Waals surface area contributed by atoms with Gasteiger partial charge in [-0.05, 0) is 55.7 Å². The lowest BCUT2D eigenvalue weighted by molar-refractivity contribution is -0.132. The second kappa shape index (κ2) is 8.73. The zero-order valence-electron chi connectivity index (χ0n) is 15.7. The highest BCUT2D eigenvalue weighted by Crippen LogP contribution is 2.30. The van der Waals surface area contributed by atoms with Gasteiger partial charge in [-0.2, -0.15) is 0 Å². The van der Waals surface area contributed by atoms with Crippen LogP contribution in [0, 0.1) is 11.2 Å². The summed E-state index contributed by atoms with van der Waals surface area (Å²) in [5.74, 6) is -0.404. The van der Waals surface area contributed by atoms with Gasteiger partial charge in [0.05, 0.1) is 5.41 Å². The Balaban J connectivity index is 1.59. The largest absolute Gasteiger partial charge is 0.351 e. The molecule has 2 N–H and O–H groups in total. The van der Waals surface area contributed by atoms with Gasteiger partial charge in [0, 0.05) is 29.8 Å². The molecule has 0 bridgehead atoms. The van der Waals surface area contributed by atoms with Gasteiger partial charge in [-0.3, -0.25) is 4.79 Å². The van der Waals surface area contributed by atoms with Crippen LogP contribution in [0.1, 0.15) is 25.3 Å². The molecule has 7 heteroatoms. The second-order valence-corrected chi connectivity index (χ2v) is 8.25. The Morgan fingerprint density at radius 3 is 2.68 bits per heavy atom. The average Bonchev–Trinajstić information content (AvgIpc) is 2.67. The Morgan fingerprint density at radius 2 is 1.96 bits per heavy atom. The number of amides is 3. The van der Waals surface area contributed by atoms with E-state index in [1.54, 1.807) is 17.0 Å². The fraction of sp³-hybridized carbons (Fsp3) is 0.333. The maximum atomic E-state index is 13.0. The molecule has 0 unspecified atom stereocenters. The van der Waals surface area contributed by atoms with E-state index in [9.17, 15) is 14.0 Å². The van der Waals surface area contributed by atoms with E-state index in [0.717, 1.165) is 16.5 Å². The first-order chi connectivity index (χ1) is 13.4. The summed E-state index contributed by atoms with van der Waals surface area (Å²) in [6.45, 7) is 3.17. The van der Waals surface area contributed by atoms with Gasteiger partial charge in [-0.1, -0.05) is 34.1 Å². The van der Waals surface area contributed by atoms with E-state index in [1.165, 1.54) is 12.1 Å². The van der Waals surface area contributed by atoms with Crippen molar-refractivity contribution in [3.05, 3.63) is 64.4 Å². The topological polar surface area (TPSA) is 61.4 Å². The number of piperidine rings is 1. The fourth-order valence-corrected chi connectivity index (χ4v) is 3.76. The number of hydrogen-bond acceptors (Lipinski definition) is 2. The highest BCUT2D eigenvalue weighted by atomic mass is 79.9. The lowest BCUT2D eigenvalue weighted by Gasteiger charge is -2.39. The lowest BCUT2D eigenvalue weighted by Crippen LogP contribution is -2.52. The van der Waals surface area contributed by atoms with Crippen molar-refractivity contribution < 1.29 is 14.0 Å². The SMILES string of the molecule is C[C@@]1(C(=O)NCc2ccc(F)cc2)CCCN(C(=O)Nc2cccc(Br)c2)C1. The third-order valence-electron chi connectivity index (χ3n) is 4.97. The van der Waals surface area contributed by atoms with Crippen LogP contribution in [-0.4, -0.2) is 29.9 Å². The monoisotopic (exact) mass is 447 g/mol. The first-order valence-electron chi connectivity index (χ1n) is 9.20. The number of anilines is 1. The molecule has 2 aromatic carbocycles. The van der Waals surface area contributed by atoms with Crippen LogP contribution < -0.4 is 10.6 Å². The molecule has 0 saturated carbocycles. The number of nitrogens with one attached hydrogen (secondary N) is 2. The summed E-state index contributed by atoms with van der Waals surface area (Å²) in [5, 5.41) is 5.80. The van der Waals surface area contributed by atoms with E-state index in [0.29, 0.717) is 31.7 Å². The van der Waals surface area contributed by atoms with Crippen LogP contribution in [0.5, 0.6) is 0 Å². The molecule has 1 aliphatic heterocycles. The summed E-state index contributed by atoms with van der Waals surface area (Å²) < 4.78 is 13.9. The van der Waals surface area contributed by atoms with E-state index in [4.69, 9.17) is 0 Å². The molecule has 148 valence electrons. The van der Waals surface area contributed by atoms with Crippen LogP contribution in [0.3, 0.4) is 0 Å². The van der Waals surface area contributed by atoms with E-state index in [1.807, 2.05) is 31.2 Å². The van der Waals surface area contributed by atoms with Crippen molar-refractivity contribution in [1.29, 1.82) is 0 Å². The molecule has 1 fully saturated rings. The number of nitrogens with zero attached hydrogens (tertiary/aromatic N) is 1. The van der Waals surface area contributed by atoms with Crippen molar-refractivity contribution in [2.24, 2.45) is 5.41 Å². The number of likely N-dealkylation sites (tertiary alicyclic amines) is 1. The molecule has 3 rings (SSSR count). The highest BCUT2D eigenvalue weighted by molar-refractivity contribution is 9.10. The summed E-state index contributed by atoms with van der Waals surface area (Å²) in [7, 11) is 0. The maximum Gasteiger partial charge on any atom is 0.321 e. The molecule has 0 spiro atoms. The Hall–Kier alpha value is -2.41. The van der Waals surface area contributed by atoms with Crippen LogP contribution >= 0.6 is 15.9 Å². The first kappa shape index (κ1) is 20.3. The van der Waals surface area contributed by atoms with Gasteiger partial charge < -0.3 is 15.5 Å². The van der Waals surface area contributed by atoms with Crippen LogP contribution in [-0.2, 0) is 11.3 Å². The normalized spacial score (nSPS) is 19.2. The molecule has 0 aliphatic carbocycles. The Morgan fingerprint density at radius 1 is 1.21 bits per heavy atom. The lowest BCUT2D eigenvalue weighted by atomic mass is 9.81. The second-order valence-electron chi connectivity index (χ2n) is 7.34. The predicted octanol–water partition coefficient (Wildman–Crippen LogP) is 4.54. The molecule has 1 heterocycles. The third-order valence-corrected chi connectivity index (χ3v) is 5.47. The van der Waals surface area contributed by atoms with E-state index >= 15 is 0 Å². The van der Waals surface area contributed by atoms with Gasteiger partial charge in [-0.25, -0.2) is 9.18 Å². The van der Waals surface area contributed by atoms with Crippen molar-refractivity contribution in [3.8, 4) is 0 Å². The van der Waals surface area contributed by atoms with Crippen molar-refractivity contribution in [2.75, 3.05) is 18.4 Å². The summed E-state index contributed by atoms with van der Waals surface area (Å²) in [4.78, 5) is 27.1. The molecule has 1 atom stereocenters. The van der Waals surface area contributed by atoms with Gasteiger partial charge in [0.25, 0.3) is 0 Å². The average molecular weight is 448 g/mol. The zero-order valence-corrected chi connectivity index (χ0v) is 17.3. The molecule has 3 amide bonds. The van der Waals surface area contributed by atoms with Gasteiger partial charge in [-0.15, -0.1) is 0 Å². The number of benzene rings is 2. The minimum absolute atomic E-state index is 0.100. The summed E-state index contributed by atoms with van der Waals surface area (Å²) in [6, 6.07) is 13.2. The van der Waals surface area contributed by atoms with Crippen LogP contribution in [0.4, 0.5) is 14.9 Å². The number of halogens is 2. The molecular formula is C21H23BrFN3O2. The van der Waals surface area contributed by atoms with Crippen molar-refractivity contribution in [2.45, 2.75) is 26.3 Å². The van der Waals surface area contributed by atoms with Crippen LogP contribution in [0.15, 0.2) is 53.0 Å². The maximum absolute atomic E-state index is 13.0. The Labute approximate surface area is 172 Å². The van der Waals surface area contributed by atoms with E-state index in [2.05, 4.69) is 26.6 Å². The third kappa shape index (κ3) is 5.10. The molecule has 28 heavy (non-hydrogen) atoms. The smallest absolute Gasteiger partial charge is 0.321 e. The molecule has 5 nitrogen and oxygen atoms in total. The number of carbonyl (C=O) groups excluding carboxylic acids is 2. The molecule has 1 saturated heterocycles. The van der Waals surface area contributed by atoms with Gasteiger partial charge >= 0.3 is 6.03 Å². The molecule has 2 aromatic rings. The highest BCUT2D eigenvalue weighted by Gasteiger charge is 2.39. The molecule has 1 aliphatic rings. The van der Waals surface area contributed by atoms with Crippen LogP contribution in [0.25, 0.3) is 0 Å². The van der Waals surface area contributed by atoms with Gasteiger partial charge in [0.2, 0.25) is 5.91 Å². The number of carbonyl (C=O) groups is 2. The summed E-state index contributed by atoms with van der Waals surface area (Å²) >= 11 is 3.39. The number of rotatable bonds is 4. The van der Waals surface area contributed by atoms with Crippen molar-refractivity contribution >= 4 is 33.6 Å². The molecular weight excluding hydrogens is 425 g/mol. The molecule has 0 radical (unpaired) electrons. The van der Waals surface area contributed by atoms with E-state index < -0.39 is 5.41 Å². The van der Waals surface area contributed by atoms with Gasteiger partial charge in [0.15, 0.2) is 0 Å². The fourth-order valence-electron chi connectivity index (χ4n) is 3.36. The first-order valence-corrected chi connectivity index (χ1v) is 9.99. The van der Waals surface area contributed by atoms with Crippen molar-refractivity contribution in [1.82, 2.24) is 10.2 Å². The van der Waals surface area contributed by atoms with Crippen molar-refractivity contribution in [3.63, 3.8) is 0 Å². The molecule has 0 aromatic heterocycles. The minimum Gasteiger partial charge on any atom is -0.351 e. The number of hydrogen-bond donors (Lipinski definition) is 2. The predicted molar refractivity (Wildman–Crippen MR) is 110 cm³/mol.